The van der Waals surface area contributed by atoms with Crippen molar-refractivity contribution in [2.75, 3.05) is 0 Å². The lowest BCUT2D eigenvalue weighted by Gasteiger charge is -1.94. The highest BCUT2D eigenvalue weighted by Crippen LogP contribution is 2.30. The Balaban J connectivity index is 2.49. The van der Waals surface area contributed by atoms with E-state index in [0.717, 1.165) is 0 Å². The Morgan fingerprint density at radius 1 is 1.12 bits per heavy atom. The van der Waals surface area contributed by atoms with Crippen molar-refractivity contribution in [3.05, 3.63) is 50.9 Å². The van der Waals surface area contributed by atoms with Crippen molar-refractivity contribution in [3.8, 4) is 0 Å². The molecule has 0 N–H and O–H groups in total. The standard InChI is InChI=1S/C11H5NO5/c13-10-4-2-6-1-3-8-7(11(6)17-10)5-9(16-8)12(14)15/h1-5H. The van der Waals surface area contributed by atoms with Gasteiger partial charge < -0.3 is 8.83 Å². The summed E-state index contributed by atoms with van der Waals surface area (Å²) in [6, 6.07) is 7.42. The molecule has 0 unspecified atom stereocenters. The van der Waals surface area contributed by atoms with Crippen LogP contribution in [0.2, 0.25) is 0 Å². The van der Waals surface area contributed by atoms with Crippen molar-refractivity contribution in [1.82, 2.24) is 0 Å². The minimum Gasteiger partial charge on any atom is -0.422 e. The van der Waals surface area contributed by atoms with E-state index in [1.165, 1.54) is 12.1 Å². The van der Waals surface area contributed by atoms with Crippen LogP contribution in [0.1, 0.15) is 0 Å². The first-order chi connectivity index (χ1) is 8.15. The molecule has 0 fully saturated rings. The molecule has 0 atom stereocenters. The highest BCUT2D eigenvalue weighted by atomic mass is 16.6. The first-order valence-electron chi connectivity index (χ1n) is 4.76. The fraction of sp³-hybridized carbons (Fsp3) is 0. The predicted octanol–water partition coefficient (Wildman–Crippen LogP) is 2.45. The maximum atomic E-state index is 11.1. The molecule has 0 radical (unpaired) electrons. The van der Waals surface area contributed by atoms with E-state index in [2.05, 4.69) is 0 Å². The van der Waals surface area contributed by atoms with Gasteiger partial charge in [-0.2, -0.15) is 0 Å². The molecule has 6 nitrogen and oxygen atoms in total. The zero-order valence-corrected chi connectivity index (χ0v) is 8.38. The summed E-state index contributed by atoms with van der Waals surface area (Å²) in [7, 11) is 0. The van der Waals surface area contributed by atoms with Crippen LogP contribution in [0.15, 0.2) is 44.0 Å². The number of fused-ring (bicyclic) bond motifs is 3. The summed E-state index contributed by atoms with van der Waals surface area (Å²) in [6.07, 6.45) is 0. The van der Waals surface area contributed by atoms with Gasteiger partial charge in [0, 0.05) is 11.5 Å². The third kappa shape index (κ3) is 1.38. The van der Waals surface area contributed by atoms with Gasteiger partial charge in [-0.1, -0.05) is 0 Å². The molecular formula is C11H5NO5. The fourth-order valence-electron chi connectivity index (χ4n) is 1.72. The summed E-state index contributed by atoms with van der Waals surface area (Å²) in [5.41, 5.74) is 0.110. The Morgan fingerprint density at radius 3 is 2.65 bits per heavy atom. The van der Waals surface area contributed by atoms with Crippen LogP contribution in [-0.2, 0) is 0 Å². The van der Waals surface area contributed by atoms with Crippen LogP contribution in [0.4, 0.5) is 5.88 Å². The maximum absolute atomic E-state index is 11.1. The van der Waals surface area contributed by atoms with Gasteiger partial charge in [-0.3, -0.25) is 10.1 Å². The van der Waals surface area contributed by atoms with E-state index in [1.54, 1.807) is 18.2 Å². The molecule has 0 aliphatic heterocycles. The molecule has 2 heterocycles. The molecule has 0 saturated heterocycles. The molecule has 0 spiro atoms. The van der Waals surface area contributed by atoms with E-state index < -0.39 is 10.5 Å². The summed E-state index contributed by atoms with van der Waals surface area (Å²) >= 11 is 0. The van der Waals surface area contributed by atoms with Gasteiger partial charge in [0.25, 0.3) is 0 Å². The lowest BCUT2D eigenvalue weighted by atomic mass is 10.2. The molecule has 0 bridgehead atoms. The number of furan rings is 1. The van der Waals surface area contributed by atoms with Crippen molar-refractivity contribution in [3.63, 3.8) is 0 Å². The van der Waals surface area contributed by atoms with Gasteiger partial charge in [0.15, 0.2) is 0 Å². The van der Waals surface area contributed by atoms with Crippen molar-refractivity contribution < 1.29 is 13.8 Å². The molecule has 6 heteroatoms. The number of rotatable bonds is 1. The van der Waals surface area contributed by atoms with Crippen molar-refractivity contribution in [1.29, 1.82) is 0 Å². The third-order valence-corrected chi connectivity index (χ3v) is 2.45. The minimum absolute atomic E-state index is 0.298. The van der Waals surface area contributed by atoms with Gasteiger partial charge in [-0.05, 0) is 18.2 Å². The van der Waals surface area contributed by atoms with Crippen LogP contribution in [0.5, 0.6) is 0 Å². The van der Waals surface area contributed by atoms with E-state index in [9.17, 15) is 14.9 Å². The molecule has 0 saturated carbocycles. The minimum atomic E-state index is -0.632. The second-order valence-electron chi connectivity index (χ2n) is 3.49. The molecule has 17 heavy (non-hydrogen) atoms. The Hall–Kier alpha value is -2.63. The van der Waals surface area contributed by atoms with E-state index in [1.807, 2.05) is 0 Å². The van der Waals surface area contributed by atoms with E-state index in [4.69, 9.17) is 8.83 Å². The molecule has 3 aromatic rings. The van der Waals surface area contributed by atoms with E-state index in [0.29, 0.717) is 21.9 Å². The Morgan fingerprint density at radius 2 is 1.88 bits per heavy atom. The maximum Gasteiger partial charge on any atom is 0.434 e. The largest absolute Gasteiger partial charge is 0.434 e. The molecule has 0 aliphatic rings. The molecule has 3 rings (SSSR count). The number of nitro groups is 1. The van der Waals surface area contributed by atoms with Gasteiger partial charge in [0.2, 0.25) is 0 Å². The van der Waals surface area contributed by atoms with Gasteiger partial charge in [0.1, 0.15) is 16.1 Å². The van der Waals surface area contributed by atoms with Crippen LogP contribution in [-0.4, -0.2) is 4.92 Å². The zero-order valence-electron chi connectivity index (χ0n) is 8.38. The van der Waals surface area contributed by atoms with Gasteiger partial charge in [0.05, 0.1) is 11.5 Å². The molecule has 0 aliphatic carbocycles. The van der Waals surface area contributed by atoms with Crippen LogP contribution in [0.3, 0.4) is 0 Å². The lowest BCUT2D eigenvalue weighted by molar-refractivity contribution is -0.401. The monoisotopic (exact) mass is 231 g/mol. The van der Waals surface area contributed by atoms with Gasteiger partial charge >= 0.3 is 11.5 Å². The van der Waals surface area contributed by atoms with Crippen LogP contribution in [0, 0.1) is 10.1 Å². The second-order valence-corrected chi connectivity index (χ2v) is 3.49. The summed E-state index contributed by atoms with van der Waals surface area (Å²) in [6.45, 7) is 0. The highest BCUT2D eigenvalue weighted by Gasteiger charge is 2.16. The first-order valence-corrected chi connectivity index (χ1v) is 4.76. The number of nitrogens with zero attached hydrogens (tertiary/aromatic N) is 1. The quantitative estimate of drug-likeness (QED) is 0.364. The Labute approximate surface area is 93.2 Å². The van der Waals surface area contributed by atoms with Crippen LogP contribution >= 0.6 is 0 Å². The number of benzene rings is 1. The zero-order chi connectivity index (χ0) is 12.0. The fourth-order valence-corrected chi connectivity index (χ4v) is 1.72. The Kier molecular flexibility index (Phi) is 1.79. The summed E-state index contributed by atoms with van der Waals surface area (Å²) in [4.78, 5) is 21.1. The third-order valence-electron chi connectivity index (χ3n) is 2.45. The SMILES string of the molecule is O=c1ccc2ccc3oc([N+](=O)[O-])cc3c2o1. The number of hydrogen-bond acceptors (Lipinski definition) is 5. The summed E-state index contributed by atoms with van der Waals surface area (Å²) in [5.74, 6) is -0.376. The Bertz CT molecular complexity index is 798. The summed E-state index contributed by atoms with van der Waals surface area (Å²) in [5, 5.41) is 11.7. The average Bonchev–Trinajstić information content (AvgIpc) is 2.73. The van der Waals surface area contributed by atoms with E-state index >= 15 is 0 Å². The average molecular weight is 231 g/mol. The second kappa shape index (κ2) is 3.18. The highest BCUT2D eigenvalue weighted by molar-refractivity contribution is 6.02. The molecular weight excluding hydrogens is 226 g/mol. The van der Waals surface area contributed by atoms with Gasteiger partial charge in [-0.25, -0.2) is 4.79 Å². The van der Waals surface area contributed by atoms with Crippen molar-refractivity contribution >= 4 is 27.8 Å². The molecule has 1 aromatic carbocycles. The van der Waals surface area contributed by atoms with E-state index in [-0.39, 0.29) is 5.88 Å². The first kappa shape index (κ1) is 9.59. The lowest BCUT2D eigenvalue weighted by Crippen LogP contribution is -1.94. The molecule has 84 valence electrons. The van der Waals surface area contributed by atoms with Crippen molar-refractivity contribution in [2.45, 2.75) is 0 Å². The topological polar surface area (TPSA) is 86.5 Å². The molecule has 0 amide bonds. The predicted molar refractivity (Wildman–Crippen MR) is 58.9 cm³/mol. The summed E-state index contributed by atoms with van der Waals surface area (Å²) < 4.78 is 10.0. The normalized spacial score (nSPS) is 11.1. The number of hydrogen-bond donors (Lipinski definition) is 0. The van der Waals surface area contributed by atoms with Crippen LogP contribution in [0.25, 0.3) is 21.9 Å². The van der Waals surface area contributed by atoms with Crippen molar-refractivity contribution in [2.24, 2.45) is 0 Å². The van der Waals surface area contributed by atoms with Gasteiger partial charge in [-0.15, -0.1) is 0 Å². The smallest absolute Gasteiger partial charge is 0.422 e. The van der Waals surface area contributed by atoms with Crippen LogP contribution < -0.4 is 5.63 Å². The molecule has 2 aromatic heterocycles.